The lowest BCUT2D eigenvalue weighted by Gasteiger charge is -2.12. The maximum Gasteiger partial charge on any atom is 0.262 e. The van der Waals surface area contributed by atoms with Crippen molar-refractivity contribution in [1.29, 1.82) is 0 Å². The number of amides is 1. The molecule has 0 spiro atoms. The van der Waals surface area contributed by atoms with E-state index in [4.69, 9.17) is 9.47 Å². The van der Waals surface area contributed by atoms with E-state index in [1.165, 1.54) is 50.9 Å². The van der Waals surface area contributed by atoms with Crippen molar-refractivity contribution in [2.75, 3.05) is 24.3 Å². The van der Waals surface area contributed by atoms with Crippen molar-refractivity contribution >= 4 is 27.3 Å². The van der Waals surface area contributed by atoms with Crippen molar-refractivity contribution in [3.8, 4) is 11.5 Å². The molecule has 0 bridgehead atoms. The number of rotatable bonds is 7. The van der Waals surface area contributed by atoms with E-state index in [0.717, 1.165) is 11.1 Å². The monoisotopic (exact) mass is 441 g/mol. The zero-order valence-corrected chi connectivity index (χ0v) is 18.4. The van der Waals surface area contributed by atoms with Gasteiger partial charge in [0.25, 0.3) is 15.9 Å². The van der Waals surface area contributed by atoms with Gasteiger partial charge < -0.3 is 14.8 Å². The topological polar surface area (TPSA) is 107 Å². The molecule has 1 aromatic heterocycles. The van der Waals surface area contributed by atoms with Gasteiger partial charge in [0.15, 0.2) is 11.5 Å². The van der Waals surface area contributed by atoms with E-state index >= 15 is 0 Å². The minimum absolute atomic E-state index is 0.0182. The molecule has 0 saturated carbocycles. The smallest absolute Gasteiger partial charge is 0.262 e. The Hall–Kier alpha value is -3.59. The maximum atomic E-state index is 12.8. The number of methoxy groups -OCH3 is 2. The van der Waals surface area contributed by atoms with Gasteiger partial charge in [0.2, 0.25) is 0 Å². The van der Waals surface area contributed by atoms with Crippen molar-refractivity contribution in [3.05, 3.63) is 71.5 Å². The van der Waals surface area contributed by atoms with Crippen LogP contribution in [0, 0.1) is 13.8 Å². The van der Waals surface area contributed by atoms with Crippen LogP contribution in [0.5, 0.6) is 11.5 Å². The van der Waals surface area contributed by atoms with Crippen molar-refractivity contribution in [3.63, 3.8) is 0 Å². The lowest BCUT2D eigenvalue weighted by Crippen LogP contribution is -2.16. The first-order valence-electron chi connectivity index (χ1n) is 9.32. The lowest BCUT2D eigenvalue weighted by molar-refractivity contribution is 0.102. The van der Waals surface area contributed by atoms with Crippen LogP contribution in [0.1, 0.15) is 21.5 Å². The summed E-state index contributed by atoms with van der Waals surface area (Å²) >= 11 is 0. The van der Waals surface area contributed by atoms with Crippen molar-refractivity contribution in [2.45, 2.75) is 18.7 Å². The fourth-order valence-corrected chi connectivity index (χ4v) is 3.93. The van der Waals surface area contributed by atoms with Crippen LogP contribution in [0.15, 0.2) is 59.8 Å². The zero-order valence-electron chi connectivity index (χ0n) is 17.6. The molecule has 162 valence electrons. The number of hydrogen-bond donors (Lipinski definition) is 2. The van der Waals surface area contributed by atoms with Crippen molar-refractivity contribution in [2.24, 2.45) is 0 Å². The average molecular weight is 442 g/mol. The summed E-state index contributed by atoms with van der Waals surface area (Å²) in [4.78, 5) is 16.6. The molecule has 0 aliphatic rings. The van der Waals surface area contributed by atoms with Crippen LogP contribution in [-0.4, -0.2) is 33.5 Å². The molecule has 2 N–H and O–H groups in total. The molecule has 0 saturated heterocycles. The molecule has 1 heterocycles. The number of hydrogen-bond acceptors (Lipinski definition) is 6. The molecule has 0 unspecified atom stereocenters. The maximum absolute atomic E-state index is 12.8. The third-order valence-electron chi connectivity index (χ3n) is 4.56. The van der Waals surface area contributed by atoms with Gasteiger partial charge >= 0.3 is 0 Å². The normalized spacial score (nSPS) is 11.0. The lowest BCUT2D eigenvalue weighted by atomic mass is 10.1. The number of carbonyl (C=O) groups excluding carboxylic acids is 1. The van der Waals surface area contributed by atoms with E-state index in [1.54, 1.807) is 0 Å². The number of aryl methyl sites for hydroxylation is 2. The van der Waals surface area contributed by atoms with Crippen LogP contribution < -0.4 is 19.5 Å². The second kappa shape index (κ2) is 9.05. The van der Waals surface area contributed by atoms with Gasteiger partial charge in [0.05, 0.1) is 36.6 Å². The molecule has 0 aliphatic heterocycles. The average Bonchev–Trinajstić information content (AvgIpc) is 2.75. The molecule has 0 atom stereocenters. The van der Waals surface area contributed by atoms with Crippen molar-refractivity contribution in [1.82, 2.24) is 4.98 Å². The van der Waals surface area contributed by atoms with E-state index in [0.29, 0.717) is 11.4 Å². The molecule has 0 radical (unpaired) electrons. The molecular weight excluding hydrogens is 418 g/mol. The summed E-state index contributed by atoms with van der Waals surface area (Å²) in [6, 6.07) is 11.4. The number of anilines is 2. The Morgan fingerprint density at radius 2 is 1.68 bits per heavy atom. The second-order valence-electron chi connectivity index (χ2n) is 6.86. The molecule has 0 aliphatic carbocycles. The van der Waals surface area contributed by atoms with Crippen LogP contribution in [-0.2, 0) is 10.0 Å². The van der Waals surface area contributed by atoms with Gasteiger partial charge in [-0.3, -0.25) is 14.5 Å². The molecular formula is C22H23N3O5S. The third-order valence-corrected chi connectivity index (χ3v) is 5.94. The summed E-state index contributed by atoms with van der Waals surface area (Å²) in [6.45, 7) is 3.82. The van der Waals surface area contributed by atoms with Gasteiger partial charge in [0.1, 0.15) is 0 Å². The van der Waals surface area contributed by atoms with Gasteiger partial charge in [-0.25, -0.2) is 8.42 Å². The predicted molar refractivity (Wildman–Crippen MR) is 118 cm³/mol. The van der Waals surface area contributed by atoms with Crippen molar-refractivity contribution < 1.29 is 22.7 Å². The van der Waals surface area contributed by atoms with Gasteiger partial charge in [-0.2, -0.15) is 0 Å². The zero-order chi connectivity index (χ0) is 22.6. The number of aromatic nitrogens is 1. The third kappa shape index (κ3) is 5.13. The van der Waals surface area contributed by atoms with Crippen LogP contribution in [0.3, 0.4) is 0 Å². The fourth-order valence-electron chi connectivity index (χ4n) is 2.88. The highest BCUT2D eigenvalue weighted by atomic mass is 32.2. The quantitative estimate of drug-likeness (QED) is 0.578. The Labute approximate surface area is 181 Å². The Morgan fingerprint density at radius 1 is 0.935 bits per heavy atom. The van der Waals surface area contributed by atoms with Crippen LogP contribution in [0.2, 0.25) is 0 Å². The Kier molecular flexibility index (Phi) is 6.45. The summed E-state index contributed by atoms with van der Waals surface area (Å²) < 4.78 is 38.3. The van der Waals surface area contributed by atoms with E-state index in [1.807, 2.05) is 32.0 Å². The number of ether oxygens (including phenoxy) is 2. The molecule has 3 rings (SSSR count). The summed E-state index contributed by atoms with van der Waals surface area (Å²) in [5, 5.41) is 2.83. The first-order valence-corrected chi connectivity index (χ1v) is 10.8. The molecule has 9 heteroatoms. The van der Waals surface area contributed by atoms with Gasteiger partial charge in [-0.05, 0) is 49.2 Å². The summed E-state index contributed by atoms with van der Waals surface area (Å²) in [6.07, 6.45) is 2.70. The van der Waals surface area contributed by atoms with E-state index in [-0.39, 0.29) is 21.9 Å². The first-order chi connectivity index (χ1) is 14.7. The number of sulfonamides is 1. The van der Waals surface area contributed by atoms with Crippen LogP contribution in [0.4, 0.5) is 11.4 Å². The summed E-state index contributed by atoms with van der Waals surface area (Å²) in [5.41, 5.74) is 2.98. The molecule has 8 nitrogen and oxygen atoms in total. The SMILES string of the molecule is COc1ccc(S(=O)(=O)Nc2cncc(C(=O)Nc3cc(C)ccc3C)c2)cc1OC. The molecule has 3 aromatic rings. The summed E-state index contributed by atoms with van der Waals surface area (Å²) in [5.74, 6) is 0.298. The van der Waals surface area contributed by atoms with Crippen LogP contribution in [0.25, 0.3) is 0 Å². The largest absolute Gasteiger partial charge is 0.493 e. The fraction of sp³-hybridized carbons (Fsp3) is 0.182. The predicted octanol–water partition coefficient (Wildman–Crippen LogP) is 3.77. The molecule has 0 fully saturated rings. The van der Waals surface area contributed by atoms with E-state index < -0.39 is 15.9 Å². The van der Waals surface area contributed by atoms with E-state index in [2.05, 4.69) is 15.0 Å². The first kappa shape index (κ1) is 22.1. The number of carbonyl (C=O) groups is 1. The minimum Gasteiger partial charge on any atom is -0.493 e. The Bertz CT molecular complexity index is 1230. The number of nitrogens with zero attached hydrogens (tertiary/aromatic N) is 1. The highest BCUT2D eigenvalue weighted by molar-refractivity contribution is 7.92. The second-order valence-corrected chi connectivity index (χ2v) is 8.54. The molecule has 2 aromatic carbocycles. The minimum atomic E-state index is -3.94. The number of pyridine rings is 1. The number of nitrogens with one attached hydrogen (secondary N) is 2. The Balaban J connectivity index is 1.83. The van der Waals surface area contributed by atoms with E-state index in [9.17, 15) is 13.2 Å². The Morgan fingerprint density at radius 3 is 2.39 bits per heavy atom. The highest BCUT2D eigenvalue weighted by Crippen LogP contribution is 2.30. The highest BCUT2D eigenvalue weighted by Gasteiger charge is 2.18. The van der Waals surface area contributed by atoms with Gasteiger partial charge in [-0.15, -0.1) is 0 Å². The summed E-state index contributed by atoms with van der Waals surface area (Å²) in [7, 11) is -1.06. The standard InChI is InChI=1S/C22H23N3O5S/c1-14-5-6-15(2)19(9-14)24-22(26)16-10-17(13-23-12-16)25-31(27,28)18-7-8-20(29-3)21(11-18)30-4/h5-13,25H,1-4H3,(H,24,26). The molecule has 31 heavy (non-hydrogen) atoms. The van der Waals surface area contributed by atoms with Gasteiger partial charge in [0, 0.05) is 18.0 Å². The van der Waals surface area contributed by atoms with Crippen LogP contribution >= 0.6 is 0 Å². The number of benzene rings is 2. The molecule has 1 amide bonds. The van der Waals surface area contributed by atoms with Gasteiger partial charge in [-0.1, -0.05) is 12.1 Å².